The smallest absolute Gasteiger partial charge is 0.240 e. The Hall–Kier alpha value is -2.51. The normalized spacial score (nSPS) is 25.1. The summed E-state index contributed by atoms with van der Waals surface area (Å²) < 4.78 is 19.0. The molecule has 31 heavy (non-hydrogen) atoms. The quantitative estimate of drug-likeness (QED) is 0.788. The van der Waals surface area contributed by atoms with Crippen molar-refractivity contribution in [3.8, 4) is 11.5 Å². The van der Waals surface area contributed by atoms with E-state index >= 15 is 0 Å². The summed E-state index contributed by atoms with van der Waals surface area (Å²) in [5.74, 6) is 1.06. The summed E-state index contributed by atoms with van der Waals surface area (Å²) in [4.78, 5) is 19.8. The number of halogens is 1. The summed E-state index contributed by atoms with van der Waals surface area (Å²) >= 11 is 0. The third kappa shape index (κ3) is 4.29. The highest BCUT2D eigenvalue weighted by Crippen LogP contribution is 2.40. The highest BCUT2D eigenvalue weighted by Gasteiger charge is 2.44. The van der Waals surface area contributed by atoms with E-state index in [4.69, 9.17) is 4.74 Å². The number of likely N-dealkylation sites (tertiary alicyclic amines) is 1. The molecule has 2 atom stereocenters. The van der Waals surface area contributed by atoms with E-state index in [1.165, 1.54) is 12.1 Å². The Labute approximate surface area is 182 Å². The molecule has 3 fully saturated rings. The van der Waals surface area contributed by atoms with Crippen LogP contribution in [0.4, 0.5) is 4.39 Å². The summed E-state index contributed by atoms with van der Waals surface area (Å²) in [6.07, 6.45) is 8.59. The fourth-order valence-electron chi connectivity index (χ4n) is 5.32. The van der Waals surface area contributed by atoms with Gasteiger partial charge >= 0.3 is 0 Å². The number of nitrogens with one attached hydrogen (secondary N) is 2. The first-order chi connectivity index (χ1) is 15.1. The van der Waals surface area contributed by atoms with Gasteiger partial charge in [0.25, 0.3) is 0 Å². The molecule has 0 bridgehead atoms. The number of pyridine rings is 1. The predicted octanol–water partition coefficient (Wildman–Crippen LogP) is 3.41. The maximum atomic E-state index is 13.4. The van der Waals surface area contributed by atoms with E-state index in [1.807, 2.05) is 17.2 Å². The first-order valence-electron chi connectivity index (χ1n) is 11.2. The fraction of sp³-hybridized carbons (Fsp3) is 0.500. The van der Waals surface area contributed by atoms with Crippen LogP contribution >= 0.6 is 0 Å². The van der Waals surface area contributed by atoms with E-state index in [2.05, 4.69) is 15.6 Å². The molecule has 1 aromatic carbocycles. The fourth-order valence-corrected chi connectivity index (χ4v) is 5.32. The molecule has 164 valence electrons. The maximum absolute atomic E-state index is 13.4. The molecule has 3 saturated heterocycles. The van der Waals surface area contributed by atoms with Gasteiger partial charge in [-0.05, 0) is 86.5 Å². The van der Waals surface area contributed by atoms with Crippen LogP contribution in [0.3, 0.4) is 0 Å². The number of benzene rings is 1. The van der Waals surface area contributed by atoms with Crippen LogP contribution in [-0.2, 0) is 4.79 Å². The van der Waals surface area contributed by atoms with Gasteiger partial charge in [-0.1, -0.05) is 0 Å². The zero-order valence-corrected chi connectivity index (χ0v) is 17.6. The Morgan fingerprint density at radius 3 is 2.77 bits per heavy atom. The summed E-state index contributed by atoms with van der Waals surface area (Å²) in [7, 11) is 0. The van der Waals surface area contributed by atoms with Crippen molar-refractivity contribution < 1.29 is 13.9 Å². The Bertz CT molecular complexity index is 929. The van der Waals surface area contributed by atoms with E-state index in [-0.39, 0.29) is 29.2 Å². The van der Waals surface area contributed by atoms with Gasteiger partial charge in [-0.15, -0.1) is 0 Å². The van der Waals surface area contributed by atoms with E-state index in [1.54, 1.807) is 18.3 Å². The average Bonchev–Trinajstić information content (AvgIpc) is 3.44. The van der Waals surface area contributed by atoms with E-state index < -0.39 is 0 Å². The molecule has 2 unspecified atom stereocenters. The van der Waals surface area contributed by atoms with Crippen molar-refractivity contribution >= 4 is 5.91 Å². The number of ether oxygens (including phenoxy) is 1. The lowest BCUT2D eigenvalue weighted by atomic mass is 9.77. The molecule has 1 aromatic heterocycles. The average molecular weight is 425 g/mol. The number of rotatable bonds is 4. The van der Waals surface area contributed by atoms with Crippen molar-refractivity contribution in [3.05, 3.63) is 54.1 Å². The van der Waals surface area contributed by atoms with Crippen LogP contribution in [0.5, 0.6) is 11.5 Å². The van der Waals surface area contributed by atoms with E-state index in [0.29, 0.717) is 11.5 Å². The van der Waals surface area contributed by atoms with Gasteiger partial charge in [0.15, 0.2) is 0 Å². The second-order valence-electron chi connectivity index (χ2n) is 9.09. The van der Waals surface area contributed by atoms with Crippen LogP contribution in [0.2, 0.25) is 0 Å². The molecule has 1 spiro atoms. The molecule has 0 aliphatic carbocycles. The molecule has 3 aliphatic heterocycles. The minimum absolute atomic E-state index is 0.0168. The van der Waals surface area contributed by atoms with Gasteiger partial charge in [0.1, 0.15) is 17.3 Å². The Morgan fingerprint density at radius 2 is 1.97 bits per heavy atom. The van der Waals surface area contributed by atoms with Crippen LogP contribution in [0.1, 0.15) is 43.7 Å². The third-order valence-corrected chi connectivity index (χ3v) is 7.03. The van der Waals surface area contributed by atoms with Crippen LogP contribution in [0, 0.1) is 11.2 Å². The number of aromatic nitrogens is 1. The number of nitrogens with zero attached hydrogens (tertiary/aromatic N) is 2. The summed E-state index contributed by atoms with van der Waals surface area (Å²) in [5, 5.41) is 6.95. The lowest BCUT2D eigenvalue weighted by Crippen LogP contribution is -2.43. The molecule has 6 nitrogen and oxygen atoms in total. The SMILES string of the molecule is O=C(C1CC2(CCNCC2)CN1)N1CCCC1c1cncc(Oc2ccc(F)cc2)c1. The highest BCUT2D eigenvalue weighted by molar-refractivity contribution is 5.83. The van der Waals surface area contributed by atoms with Crippen molar-refractivity contribution in [2.24, 2.45) is 5.41 Å². The van der Waals surface area contributed by atoms with Crippen LogP contribution in [-0.4, -0.2) is 48.0 Å². The van der Waals surface area contributed by atoms with Crippen molar-refractivity contribution in [2.45, 2.75) is 44.2 Å². The van der Waals surface area contributed by atoms with Gasteiger partial charge < -0.3 is 20.3 Å². The van der Waals surface area contributed by atoms with Crippen molar-refractivity contribution in [1.82, 2.24) is 20.5 Å². The molecular weight excluding hydrogens is 395 g/mol. The zero-order chi connectivity index (χ0) is 21.3. The number of amides is 1. The second-order valence-corrected chi connectivity index (χ2v) is 9.09. The monoisotopic (exact) mass is 424 g/mol. The zero-order valence-electron chi connectivity index (χ0n) is 17.6. The second kappa shape index (κ2) is 8.55. The minimum atomic E-state index is -0.300. The third-order valence-electron chi connectivity index (χ3n) is 7.03. The maximum Gasteiger partial charge on any atom is 0.240 e. The van der Waals surface area contributed by atoms with Crippen LogP contribution in [0.25, 0.3) is 0 Å². The largest absolute Gasteiger partial charge is 0.456 e. The Morgan fingerprint density at radius 1 is 1.16 bits per heavy atom. The number of carbonyl (C=O) groups is 1. The number of carbonyl (C=O) groups excluding carboxylic acids is 1. The lowest BCUT2D eigenvalue weighted by molar-refractivity contribution is -0.134. The molecule has 5 rings (SSSR count). The van der Waals surface area contributed by atoms with Gasteiger partial charge in [-0.25, -0.2) is 4.39 Å². The summed E-state index contributed by atoms with van der Waals surface area (Å²) in [6.45, 7) is 3.80. The number of hydrogen-bond donors (Lipinski definition) is 2. The summed E-state index contributed by atoms with van der Waals surface area (Å²) in [5.41, 5.74) is 1.26. The Kier molecular flexibility index (Phi) is 5.63. The van der Waals surface area contributed by atoms with Gasteiger partial charge in [-0.2, -0.15) is 0 Å². The van der Waals surface area contributed by atoms with Gasteiger partial charge in [0.05, 0.1) is 18.3 Å². The summed E-state index contributed by atoms with van der Waals surface area (Å²) in [6, 6.07) is 7.80. The van der Waals surface area contributed by atoms with E-state index in [0.717, 1.165) is 63.8 Å². The van der Waals surface area contributed by atoms with Gasteiger partial charge in [0, 0.05) is 19.3 Å². The Balaban J connectivity index is 1.29. The molecule has 2 aromatic rings. The van der Waals surface area contributed by atoms with Gasteiger partial charge in [0.2, 0.25) is 5.91 Å². The lowest BCUT2D eigenvalue weighted by Gasteiger charge is -2.33. The first kappa shape index (κ1) is 20.4. The van der Waals surface area contributed by atoms with Crippen LogP contribution in [0.15, 0.2) is 42.7 Å². The molecule has 0 saturated carbocycles. The standard InChI is InChI=1S/C24H29FN4O2/c25-18-3-5-19(6-4-18)31-20-12-17(14-27-15-20)22-2-1-11-29(22)23(30)21-13-24(16-28-21)7-9-26-10-8-24/h3-6,12,14-15,21-22,26,28H,1-2,7-11,13,16H2. The molecular formula is C24H29FN4O2. The van der Waals surface area contributed by atoms with Crippen molar-refractivity contribution in [1.29, 1.82) is 0 Å². The molecule has 3 aliphatic rings. The topological polar surface area (TPSA) is 66.5 Å². The molecule has 7 heteroatoms. The molecule has 2 N–H and O–H groups in total. The van der Waals surface area contributed by atoms with Crippen molar-refractivity contribution in [3.63, 3.8) is 0 Å². The van der Waals surface area contributed by atoms with Crippen LogP contribution < -0.4 is 15.4 Å². The van der Waals surface area contributed by atoms with Crippen molar-refractivity contribution in [2.75, 3.05) is 26.2 Å². The number of hydrogen-bond acceptors (Lipinski definition) is 5. The van der Waals surface area contributed by atoms with E-state index in [9.17, 15) is 9.18 Å². The predicted molar refractivity (Wildman–Crippen MR) is 115 cm³/mol. The number of piperidine rings is 1. The minimum Gasteiger partial charge on any atom is -0.456 e. The van der Waals surface area contributed by atoms with Gasteiger partial charge in [-0.3, -0.25) is 9.78 Å². The molecule has 1 amide bonds. The molecule has 4 heterocycles. The highest BCUT2D eigenvalue weighted by atomic mass is 19.1. The molecule has 0 radical (unpaired) electrons. The first-order valence-corrected chi connectivity index (χ1v) is 11.2.